The minimum absolute atomic E-state index is 0.0464. The molecule has 5 aromatic rings. The van der Waals surface area contributed by atoms with Crippen molar-refractivity contribution in [1.29, 1.82) is 0 Å². The number of anilines is 2. The highest BCUT2D eigenvalue weighted by molar-refractivity contribution is 5.90. The van der Waals surface area contributed by atoms with Gasteiger partial charge in [0.25, 0.3) is 5.89 Å². The van der Waals surface area contributed by atoms with E-state index in [1.807, 2.05) is 38.4 Å². The molecule has 11 heteroatoms. The maximum atomic E-state index is 12.5. The molecule has 0 aromatic carbocycles. The van der Waals surface area contributed by atoms with Crippen LogP contribution in [0.25, 0.3) is 22.4 Å². The normalized spacial score (nSPS) is 11.1. The maximum Gasteiger partial charge on any atom is 0.307 e. The number of oxazole rings is 1. The van der Waals surface area contributed by atoms with Gasteiger partial charge in [0.2, 0.25) is 5.95 Å². The molecule has 0 aliphatic carbocycles. The molecule has 0 atom stereocenters. The number of carbonyl (C=O) groups is 1. The summed E-state index contributed by atoms with van der Waals surface area (Å²) in [6.07, 6.45) is 8.29. The van der Waals surface area contributed by atoms with Crippen LogP contribution in [0.4, 0.5) is 11.8 Å². The van der Waals surface area contributed by atoms with Crippen molar-refractivity contribution in [2.45, 2.75) is 13.5 Å². The van der Waals surface area contributed by atoms with Gasteiger partial charge in [0, 0.05) is 43.6 Å². The number of nitrogens with one attached hydrogen (secondary N) is 3. The average molecular weight is 429 g/mol. The molecule has 0 unspecified atom stereocenters. The van der Waals surface area contributed by atoms with E-state index < -0.39 is 5.91 Å². The van der Waals surface area contributed by atoms with Crippen LogP contribution in [0.15, 0.2) is 53.7 Å². The summed E-state index contributed by atoms with van der Waals surface area (Å²) in [5.41, 5.74) is 3.48. The van der Waals surface area contributed by atoms with E-state index in [1.165, 1.54) is 6.26 Å². The molecule has 3 N–H and O–H groups in total. The number of hydrogen-bond acceptors (Lipinski definition) is 8. The predicted octanol–water partition coefficient (Wildman–Crippen LogP) is 2.72. The summed E-state index contributed by atoms with van der Waals surface area (Å²) in [6.45, 7) is 2.16. The second kappa shape index (κ2) is 7.95. The van der Waals surface area contributed by atoms with Crippen molar-refractivity contribution < 1.29 is 9.21 Å². The molecular weight excluding hydrogens is 410 g/mol. The van der Waals surface area contributed by atoms with Gasteiger partial charge in [-0.15, -0.1) is 0 Å². The first-order chi connectivity index (χ1) is 15.6. The standard InChI is InChI=1S/C21H19N9O2/c1-12-8-25-21(28-16-4-6-26-30(16)2)29-17(12)15-11-32-20(27-15)19(31)24-10-13-7-14-3-5-22-18(14)23-9-13/h3-9,11H,10H2,1-2H3,(H,22,23)(H,24,31)(H,25,28,29). The summed E-state index contributed by atoms with van der Waals surface area (Å²) >= 11 is 0. The van der Waals surface area contributed by atoms with E-state index in [2.05, 4.69) is 40.7 Å². The van der Waals surface area contributed by atoms with E-state index in [1.54, 1.807) is 23.3 Å². The number of rotatable bonds is 6. The van der Waals surface area contributed by atoms with Crippen molar-refractivity contribution in [3.05, 3.63) is 66.3 Å². The fraction of sp³-hybridized carbons (Fsp3) is 0.143. The molecule has 5 rings (SSSR count). The fourth-order valence-corrected chi connectivity index (χ4v) is 3.20. The molecule has 32 heavy (non-hydrogen) atoms. The number of aromatic nitrogens is 7. The van der Waals surface area contributed by atoms with Gasteiger partial charge in [-0.05, 0) is 30.2 Å². The Morgan fingerprint density at radius 1 is 1.22 bits per heavy atom. The van der Waals surface area contributed by atoms with Crippen LogP contribution in [0, 0.1) is 6.92 Å². The lowest BCUT2D eigenvalue weighted by Gasteiger charge is -2.07. The molecule has 0 aliphatic heterocycles. The van der Waals surface area contributed by atoms with Crippen LogP contribution in [0.3, 0.4) is 0 Å². The Morgan fingerprint density at radius 3 is 2.97 bits per heavy atom. The van der Waals surface area contributed by atoms with E-state index in [4.69, 9.17) is 4.42 Å². The van der Waals surface area contributed by atoms with Crippen LogP contribution < -0.4 is 10.6 Å². The van der Waals surface area contributed by atoms with E-state index in [-0.39, 0.29) is 5.89 Å². The molecule has 0 saturated heterocycles. The average Bonchev–Trinajstić information content (AvgIpc) is 3.54. The van der Waals surface area contributed by atoms with Crippen LogP contribution in [0.5, 0.6) is 0 Å². The number of H-pyrrole nitrogens is 1. The van der Waals surface area contributed by atoms with Crippen molar-refractivity contribution in [1.82, 2.24) is 40.0 Å². The number of aromatic amines is 1. The topological polar surface area (TPSA) is 139 Å². The number of nitrogens with zero attached hydrogens (tertiary/aromatic N) is 6. The van der Waals surface area contributed by atoms with Gasteiger partial charge in [0.05, 0.1) is 6.20 Å². The SMILES string of the molecule is Cc1cnc(Nc2ccnn2C)nc1-c1coc(C(=O)NCc2cnc3[nH]ccc3c2)n1. The first-order valence-electron chi connectivity index (χ1n) is 9.81. The van der Waals surface area contributed by atoms with Crippen LogP contribution in [-0.4, -0.2) is 40.6 Å². The minimum atomic E-state index is -0.426. The van der Waals surface area contributed by atoms with Crippen molar-refractivity contribution in [3.63, 3.8) is 0 Å². The molecule has 0 spiro atoms. The Labute approximate surface area is 181 Å². The third kappa shape index (κ3) is 3.78. The lowest BCUT2D eigenvalue weighted by Crippen LogP contribution is -2.23. The highest BCUT2D eigenvalue weighted by Crippen LogP contribution is 2.22. The number of carbonyl (C=O) groups excluding carboxylic acids is 1. The highest BCUT2D eigenvalue weighted by atomic mass is 16.4. The van der Waals surface area contributed by atoms with Crippen molar-refractivity contribution in [2.24, 2.45) is 7.05 Å². The number of hydrogen-bond donors (Lipinski definition) is 3. The predicted molar refractivity (Wildman–Crippen MR) is 116 cm³/mol. The third-order valence-corrected chi connectivity index (χ3v) is 4.88. The van der Waals surface area contributed by atoms with Gasteiger partial charge >= 0.3 is 5.91 Å². The first kappa shape index (κ1) is 19.4. The number of aryl methyl sites for hydroxylation is 2. The lowest BCUT2D eigenvalue weighted by atomic mass is 10.2. The molecule has 5 aromatic heterocycles. The number of amides is 1. The molecular formula is C21H19N9O2. The minimum Gasteiger partial charge on any atom is -0.440 e. The molecule has 0 radical (unpaired) electrons. The van der Waals surface area contributed by atoms with E-state index in [0.29, 0.717) is 23.9 Å². The summed E-state index contributed by atoms with van der Waals surface area (Å²) in [5.74, 6) is 0.656. The van der Waals surface area contributed by atoms with Crippen molar-refractivity contribution in [2.75, 3.05) is 5.32 Å². The number of pyridine rings is 1. The molecule has 0 saturated carbocycles. The van der Waals surface area contributed by atoms with Gasteiger partial charge in [-0.2, -0.15) is 5.10 Å². The van der Waals surface area contributed by atoms with E-state index >= 15 is 0 Å². The molecule has 1 amide bonds. The molecule has 160 valence electrons. The molecule has 0 fully saturated rings. The van der Waals surface area contributed by atoms with E-state index in [0.717, 1.165) is 28.0 Å². The van der Waals surface area contributed by atoms with Crippen LogP contribution in [0.1, 0.15) is 21.8 Å². The lowest BCUT2D eigenvalue weighted by molar-refractivity contribution is 0.0916. The molecule has 11 nitrogen and oxygen atoms in total. The summed E-state index contributed by atoms with van der Waals surface area (Å²) in [4.78, 5) is 33.0. The fourth-order valence-electron chi connectivity index (χ4n) is 3.20. The van der Waals surface area contributed by atoms with Gasteiger partial charge in [-0.3, -0.25) is 9.48 Å². The zero-order valence-corrected chi connectivity index (χ0v) is 17.3. The number of fused-ring (bicyclic) bond motifs is 1. The second-order valence-corrected chi connectivity index (χ2v) is 7.17. The summed E-state index contributed by atoms with van der Waals surface area (Å²) in [7, 11) is 1.81. The van der Waals surface area contributed by atoms with Crippen molar-refractivity contribution in [3.8, 4) is 11.4 Å². The van der Waals surface area contributed by atoms with Gasteiger partial charge in [-0.25, -0.2) is 19.9 Å². The Bertz CT molecular complexity index is 1420. The van der Waals surface area contributed by atoms with Crippen LogP contribution in [-0.2, 0) is 13.6 Å². The Hall–Kier alpha value is -4.54. The second-order valence-electron chi connectivity index (χ2n) is 7.17. The van der Waals surface area contributed by atoms with Crippen LogP contribution >= 0.6 is 0 Å². The zero-order chi connectivity index (χ0) is 22.1. The molecule has 0 bridgehead atoms. The zero-order valence-electron chi connectivity index (χ0n) is 17.3. The van der Waals surface area contributed by atoms with Crippen LogP contribution in [0.2, 0.25) is 0 Å². The van der Waals surface area contributed by atoms with Gasteiger partial charge in [0.1, 0.15) is 29.1 Å². The maximum absolute atomic E-state index is 12.5. The summed E-state index contributed by atoms with van der Waals surface area (Å²) in [6, 6.07) is 5.70. The highest BCUT2D eigenvalue weighted by Gasteiger charge is 2.17. The monoisotopic (exact) mass is 429 g/mol. The van der Waals surface area contributed by atoms with Gasteiger partial charge in [-0.1, -0.05) is 0 Å². The molecule has 0 aliphatic rings. The third-order valence-electron chi connectivity index (χ3n) is 4.88. The molecule has 5 heterocycles. The van der Waals surface area contributed by atoms with E-state index in [9.17, 15) is 4.79 Å². The largest absolute Gasteiger partial charge is 0.440 e. The Morgan fingerprint density at radius 2 is 2.12 bits per heavy atom. The summed E-state index contributed by atoms with van der Waals surface area (Å²) in [5, 5.41) is 11.0. The van der Waals surface area contributed by atoms with Gasteiger partial charge < -0.3 is 20.0 Å². The Balaban J connectivity index is 1.30. The van der Waals surface area contributed by atoms with Gasteiger partial charge in [0.15, 0.2) is 0 Å². The quantitative estimate of drug-likeness (QED) is 0.374. The summed E-state index contributed by atoms with van der Waals surface area (Å²) < 4.78 is 7.08. The van der Waals surface area contributed by atoms with Crippen molar-refractivity contribution >= 4 is 28.7 Å². The smallest absolute Gasteiger partial charge is 0.307 e. The first-order valence-corrected chi connectivity index (χ1v) is 9.81. The Kier molecular flexibility index (Phi) is 4.82.